The molecule has 42 heavy (non-hydrogen) atoms. The lowest BCUT2D eigenvalue weighted by Gasteiger charge is -2.40. The predicted molar refractivity (Wildman–Crippen MR) is 179 cm³/mol. The number of carboxylic acids is 2. The van der Waals surface area contributed by atoms with Crippen LogP contribution in [-0.2, 0) is 9.59 Å². The van der Waals surface area contributed by atoms with E-state index in [-0.39, 0.29) is 0 Å². The summed E-state index contributed by atoms with van der Waals surface area (Å²) in [6.45, 7) is 4.63. The largest absolute Gasteiger partial charge is 0.481 e. The number of allylic oxidation sites excluding steroid dienone is 4. The molecule has 1 aliphatic carbocycles. The summed E-state index contributed by atoms with van der Waals surface area (Å²) in [6.07, 6.45) is 40.3. The van der Waals surface area contributed by atoms with E-state index >= 15 is 0 Å². The van der Waals surface area contributed by atoms with Crippen molar-refractivity contribution in [2.45, 2.75) is 181 Å². The maximum atomic E-state index is 10.7. The van der Waals surface area contributed by atoms with Gasteiger partial charge in [-0.15, -0.1) is 0 Å². The molecule has 0 bridgehead atoms. The van der Waals surface area contributed by atoms with Crippen LogP contribution in [0, 0.1) is 23.7 Å². The molecule has 0 heterocycles. The fourth-order valence-corrected chi connectivity index (χ4v) is 7.02. The van der Waals surface area contributed by atoms with Crippen LogP contribution >= 0.6 is 0 Å². The van der Waals surface area contributed by atoms with Gasteiger partial charge in [0.05, 0.1) is 0 Å². The molecule has 2 N–H and O–H groups in total. The summed E-state index contributed by atoms with van der Waals surface area (Å²) >= 11 is 0. The summed E-state index contributed by atoms with van der Waals surface area (Å²) in [7, 11) is 0. The molecule has 1 aliphatic rings. The van der Waals surface area contributed by atoms with Gasteiger partial charge in [0.1, 0.15) is 0 Å². The summed E-state index contributed by atoms with van der Waals surface area (Å²) in [5.74, 6) is 1.70. The number of aliphatic carboxylic acids is 2. The van der Waals surface area contributed by atoms with Crippen molar-refractivity contribution in [3.63, 3.8) is 0 Å². The molecule has 1 rings (SSSR count). The summed E-state index contributed by atoms with van der Waals surface area (Å²) in [5, 5.41) is 17.6. The molecule has 0 saturated carbocycles. The molecule has 0 fully saturated rings. The molecular formula is C38H68O4. The van der Waals surface area contributed by atoms with Crippen molar-refractivity contribution in [1.29, 1.82) is 0 Å². The molecule has 0 aromatic rings. The van der Waals surface area contributed by atoms with Crippen LogP contribution in [0.3, 0.4) is 0 Å². The van der Waals surface area contributed by atoms with Crippen molar-refractivity contribution in [1.82, 2.24) is 0 Å². The first kappa shape index (κ1) is 38.4. The Morgan fingerprint density at radius 3 is 1.50 bits per heavy atom. The van der Waals surface area contributed by atoms with Crippen molar-refractivity contribution in [2.24, 2.45) is 23.7 Å². The van der Waals surface area contributed by atoms with Crippen molar-refractivity contribution in [3.8, 4) is 0 Å². The van der Waals surface area contributed by atoms with Crippen LogP contribution in [-0.4, -0.2) is 22.2 Å². The third-order valence-corrected chi connectivity index (χ3v) is 9.55. The number of carbonyl (C=O) groups is 2. The SMILES string of the molecule is CCCCCCC1C=CC(CCCCCCCCC(=O)O)C(CC=CCCCCCCCCC(=O)O)C1CCCCC. The van der Waals surface area contributed by atoms with Crippen LogP contribution in [0.25, 0.3) is 0 Å². The average molecular weight is 589 g/mol. The Hall–Kier alpha value is -1.58. The van der Waals surface area contributed by atoms with E-state index in [0.717, 1.165) is 49.9 Å². The topological polar surface area (TPSA) is 74.6 Å². The normalized spacial score (nSPS) is 20.4. The first-order chi connectivity index (χ1) is 20.5. The number of hydrogen-bond donors (Lipinski definition) is 2. The van der Waals surface area contributed by atoms with Crippen molar-refractivity contribution >= 4 is 11.9 Å². The van der Waals surface area contributed by atoms with E-state index in [2.05, 4.69) is 38.2 Å². The van der Waals surface area contributed by atoms with Crippen molar-refractivity contribution in [2.75, 3.05) is 0 Å². The Kier molecular flexibility index (Phi) is 24.7. The zero-order valence-corrected chi connectivity index (χ0v) is 27.7. The van der Waals surface area contributed by atoms with E-state index in [1.54, 1.807) is 0 Å². The summed E-state index contributed by atoms with van der Waals surface area (Å²) in [4.78, 5) is 21.4. The minimum Gasteiger partial charge on any atom is -0.481 e. The highest BCUT2D eigenvalue weighted by Crippen LogP contribution is 2.44. The Morgan fingerprint density at radius 2 is 0.952 bits per heavy atom. The summed E-state index contributed by atoms with van der Waals surface area (Å²) in [6, 6.07) is 0. The Bertz CT molecular complexity index is 712. The highest BCUT2D eigenvalue weighted by atomic mass is 16.4. The zero-order chi connectivity index (χ0) is 30.7. The third kappa shape index (κ3) is 20.3. The van der Waals surface area contributed by atoms with Crippen molar-refractivity contribution in [3.05, 3.63) is 24.3 Å². The summed E-state index contributed by atoms with van der Waals surface area (Å²) < 4.78 is 0. The van der Waals surface area contributed by atoms with E-state index in [1.165, 1.54) is 122 Å². The van der Waals surface area contributed by atoms with E-state index in [0.29, 0.717) is 18.8 Å². The third-order valence-electron chi connectivity index (χ3n) is 9.55. The molecule has 0 amide bonds. The Morgan fingerprint density at radius 1 is 0.524 bits per heavy atom. The summed E-state index contributed by atoms with van der Waals surface area (Å²) in [5.41, 5.74) is 0. The molecule has 0 aromatic heterocycles. The minimum atomic E-state index is -0.670. The maximum absolute atomic E-state index is 10.7. The van der Waals surface area contributed by atoms with Crippen LogP contribution in [0.1, 0.15) is 181 Å². The lowest BCUT2D eigenvalue weighted by molar-refractivity contribution is -0.138. The van der Waals surface area contributed by atoms with Gasteiger partial charge in [-0.3, -0.25) is 9.59 Å². The second-order valence-electron chi connectivity index (χ2n) is 13.2. The number of carboxylic acid groups (broad SMARTS) is 2. The lowest BCUT2D eigenvalue weighted by atomic mass is 9.65. The molecular weight excluding hydrogens is 520 g/mol. The molecule has 0 saturated heterocycles. The number of rotatable bonds is 29. The first-order valence-electron chi connectivity index (χ1n) is 18.3. The van der Waals surface area contributed by atoms with Gasteiger partial charge < -0.3 is 10.2 Å². The second-order valence-corrected chi connectivity index (χ2v) is 13.2. The van der Waals surface area contributed by atoms with Crippen LogP contribution in [0.4, 0.5) is 0 Å². The Balaban J connectivity index is 2.64. The van der Waals surface area contributed by atoms with Gasteiger partial charge in [-0.1, -0.05) is 141 Å². The van der Waals surface area contributed by atoms with Crippen LogP contribution in [0.2, 0.25) is 0 Å². The molecule has 4 nitrogen and oxygen atoms in total. The van der Waals surface area contributed by atoms with Crippen molar-refractivity contribution < 1.29 is 19.8 Å². The smallest absolute Gasteiger partial charge is 0.303 e. The van der Waals surface area contributed by atoms with Gasteiger partial charge in [0.25, 0.3) is 0 Å². The molecule has 0 radical (unpaired) electrons. The minimum absolute atomic E-state index is 0.313. The van der Waals surface area contributed by atoms with Gasteiger partial charge in [-0.05, 0) is 75.0 Å². The molecule has 244 valence electrons. The Labute approximate surface area is 260 Å². The van der Waals surface area contributed by atoms with Gasteiger partial charge in [-0.25, -0.2) is 0 Å². The average Bonchev–Trinajstić information content (AvgIpc) is 2.96. The van der Waals surface area contributed by atoms with Gasteiger partial charge in [0.2, 0.25) is 0 Å². The number of unbranched alkanes of at least 4 members (excludes halogenated alkanes) is 16. The van der Waals surface area contributed by atoms with E-state index in [1.807, 2.05) is 0 Å². The van der Waals surface area contributed by atoms with E-state index in [9.17, 15) is 9.59 Å². The zero-order valence-electron chi connectivity index (χ0n) is 27.7. The molecule has 4 heteroatoms. The standard InChI is InChI=1S/C38H68O4/c1-3-5-7-20-25-33-31-32-34(26-21-15-13-14-18-24-30-38(41)42)36(35(33)27-19-6-4-2)28-22-16-11-9-8-10-12-17-23-29-37(39)40/h16,22,31-36H,3-15,17-21,23-30H2,1-2H3,(H,39,40)(H,41,42). The molecule has 0 spiro atoms. The molecule has 0 aromatic carbocycles. The molecule has 4 unspecified atom stereocenters. The van der Waals surface area contributed by atoms with Gasteiger partial charge >= 0.3 is 11.9 Å². The highest BCUT2D eigenvalue weighted by molar-refractivity contribution is 5.66. The molecule has 0 aliphatic heterocycles. The quantitative estimate of drug-likeness (QED) is 0.0673. The van der Waals surface area contributed by atoms with Crippen LogP contribution in [0.15, 0.2) is 24.3 Å². The van der Waals surface area contributed by atoms with Crippen LogP contribution in [0.5, 0.6) is 0 Å². The second kappa shape index (κ2) is 27.0. The maximum Gasteiger partial charge on any atom is 0.303 e. The van der Waals surface area contributed by atoms with Gasteiger partial charge in [-0.2, -0.15) is 0 Å². The van der Waals surface area contributed by atoms with E-state index in [4.69, 9.17) is 10.2 Å². The van der Waals surface area contributed by atoms with Gasteiger partial charge in [0, 0.05) is 12.8 Å². The lowest BCUT2D eigenvalue weighted by Crippen LogP contribution is -2.31. The highest BCUT2D eigenvalue weighted by Gasteiger charge is 2.34. The molecule has 4 atom stereocenters. The monoisotopic (exact) mass is 589 g/mol. The fourth-order valence-electron chi connectivity index (χ4n) is 7.02. The first-order valence-corrected chi connectivity index (χ1v) is 18.3. The van der Waals surface area contributed by atoms with E-state index < -0.39 is 11.9 Å². The van der Waals surface area contributed by atoms with Gasteiger partial charge in [0.15, 0.2) is 0 Å². The number of hydrogen-bond acceptors (Lipinski definition) is 2. The predicted octanol–water partition coefficient (Wildman–Crippen LogP) is 11.9. The van der Waals surface area contributed by atoms with Crippen LogP contribution < -0.4 is 0 Å². The fraction of sp³-hybridized carbons (Fsp3) is 0.842.